The van der Waals surface area contributed by atoms with Gasteiger partial charge in [0.25, 0.3) is 5.91 Å². The first kappa shape index (κ1) is 16.8. The minimum atomic E-state index is -0.414. The van der Waals surface area contributed by atoms with Crippen molar-refractivity contribution in [3.63, 3.8) is 0 Å². The number of para-hydroxylation sites is 1. The van der Waals surface area contributed by atoms with Crippen molar-refractivity contribution in [2.75, 3.05) is 0 Å². The smallest absolute Gasteiger partial charge is 0.329 e. The van der Waals surface area contributed by atoms with Gasteiger partial charge in [0.15, 0.2) is 0 Å². The van der Waals surface area contributed by atoms with Crippen LogP contribution >= 0.6 is 0 Å². The van der Waals surface area contributed by atoms with Crippen molar-refractivity contribution in [1.29, 1.82) is 0 Å². The third kappa shape index (κ3) is 3.88. The zero-order valence-corrected chi connectivity index (χ0v) is 14.2. The standard InChI is InChI=1S/C20H20N2O3/c1-14(2)25-18-11-7-6-10-16(18)12-17-19(23)22(20(24)21-17)13-15-8-4-3-5-9-15/h3-12,14H,13H2,1-2H3,(H,21,24)/b17-12-. The highest BCUT2D eigenvalue weighted by molar-refractivity contribution is 6.14. The number of rotatable bonds is 5. The molecule has 5 nitrogen and oxygen atoms in total. The van der Waals surface area contributed by atoms with E-state index in [1.165, 1.54) is 4.90 Å². The van der Waals surface area contributed by atoms with Crippen molar-refractivity contribution < 1.29 is 14.3 Å². The Balaban J connectivity index is 1.84. The molecule has 1 aliphatic heterocycles. The van der Waals surface area contributed by atoms with E-state index in [4.69, 9.17) is 4.74 Å². The fourth-order valence-corrected chi connectivity index (χ4v) is 2.60. The van der Waals surface area contributed by atoms with Crippen LogP contribution in [0.25, 0.3) is 6.08 Å². The zero-order valence-electron chi connectivity index (χ0n) is 14.2. The Morgan fingerprint density at radius 3 is 2.44 bits per heavy atom. The summed E-state index contributed by atoms with van der Waals surface area (Å²) in [6, 6.07) is 16.4. The topological polar surface area (TPSA) is 58.6 Å². The molecule has 0 radical (unpaired) electrons. The summed E-state index contributed by atoms with van der Waals surface area (Å²) in [5.41, 5.74) is 1.90. The van der Waals surface area contributed by atoms with Crippen LogP contribution in [-0.4, -0.2) is 22.9 Å². The molecular formula is C20H20N2O3. The number of hydrogen-bond acceptors (Lipinski definition) is 3. The van der Waals surface area contributed by atoms with E-state index in [0.29, 0.717) is 5.75 Å². The normalized spacial score (nSPS) is 15.8. The molecule has 3 rings (SSSR count). The summed E-state index contributed by atoms with van der Waals surface area (Å²) in [7, 11) is 0. The lowest BCUT2D eigenvalue weighted by Gasteiger charge is -2.12. The van der Waals surface area contributed by atoms with E-state index in [1.807, 2.05) is 68.4 Å². The second-order valence-corrected chi connectivity index (χ2v) is 6.07. The molecule has 0 unspecified atom stereocenters. The number of nitrogens with one attached hydrogen (secondary N) is 1. The van der Waals surface area contributed by atoms with Crippen molar-refractivity contribution in [3.05, 3.63) is 71.4 Å². The first-order valence-corrected chi connectivity index (χ1v) is 8.19. The highest BCUT2D eigenvalue weighted by Crippen LogP contribution is 2.24. The van der Waals surface area contributed by atoms with Crippen molar-refractivity contribution in [1.82, 2.24) is 10.2 Å². The predicted octanol–water partition coefficient (Wildman–Crippen LogP) is 3.57. The number of imide groups is 1. The van der Waals surface area contributed by atoms with Crippen LogP contribution in [0.3, 0.4) is 0 Å². The summed E-state index contributed by atoms with van der Waals surface area (Å²) in [6.07, 6.45) is 1.67. The first-order valence-electron chi connectivity index (χ1n) is 8.19. The predicted molar refractivity (Wildman–Crippen MR) is 95.7 cm³/mol. The van der Waals surface area contributed by atoms with Gasteiger partial charge in [-0.05, 0) is 31.6 Å². The number of nitrogens with zero attached hydrogens (tertiary/aromatic N) is 1. The Hall–Kier alpha value is -3.08. The maximum absolute atomic E-state index is 12.6. The number of ether oxygens (including phenoxy) is 1. The molecule has 0 bridgehead atoms. The van der Waals surface area contributed by atoms with Crippen molar-refractivity contribution in [3.8, 4) is 5.75 Å². The second-order valence-electron chi connectivity index (χ2n) is 6.07. The summed E-state index contributed by atoms with van der Waals surface area (Å²) >= 11 is 0. The van der Waals surface area contributed by atoms with Gasteiger partial charge in [-0.1, -0.05) is 48.5 Å². The first-order chi connectivity index (χ1) is 12.0. The molecule has 1 heterocycles. The zero-order chi connectivity index (χ0) is 17.8. The molecule has 2 aromatic rings. The van der Waals surface area contributed by atoms with Gasteiger partial charge in [0.2, 0.25) is 0 Å². The molecule has 128 valence electrons. The molecule has 3 amide bonds. The van der Waals surface area contributed by atoms with Crippen LogP contribution in [0.1, 0.15) is 25.0 Å². The summed E-state index contributed by atoms with van der Waals surface area (Å²) in [5, 5.41) is 2.65. The Bertz CT molecular complexity index is 813. The molecule has 0 atom stereocenters. The minimum Gasteiger partial charge on any atom is -0.490 e. The second kappa shape index (κ2) is 7.21. The molecule has 0 spiro atoms. The monoisotopic (exact) mass is 336 g/mol. The molecule has 1 aliphatic rings. The molecule has 1 saturated heterocycles. The van der Waals surface area contributed by atoms with Crippen LogP contribution in [0.4, 0.5) is 4.79 Å². The summed E-state index contributed by atoms with van der Waals surface area (Å²) in [6.45, 7) is 4.12. The summed E-state index contributed by atoms with van der Waals surface area (Å²) < 4.78 is 5.76. The fraction of sp³-hybridized carbons (Fsp3) is 0.200. The molecule has 25 heavy (non-hydrogen) atoms. The molecule has 0 saturated carbocycles. The molecule has 0 aliphatic carbocycles. The minimum absolute atomic E-state index is 0.0167. The van der Waals surface area contributed by atoms with E-state index in [9.17, 15) is 9.59 Å². The van der Waals surface area contributed by atoms with Gasteiger partial charge < -0.3 is 10.1 Å². The molecule has 5 heteroatoms. The van der Waals surface area contributed by atoms with E-state index in [1.54, 1.807) is 6.08 Å². The van der Waals surface area contributed by atoms with E-state index in [2.05, 4.69) is 5.32 Å². The highest BCUT2D eigenvalue weighted by atomic mass is 16.5. The molecule has 2 aromatic carbocycles. The van der Waals surface area contributed by atoms with Crippen molar-refractivity contribution in [2.45, 2.75) is 26.5 Å². The van der Waals surface area contributed by atoms with Crippen LogP contribution in [0.2, 0.25) is 0 Å². The summed E-state index contributed by atoms with van der Waals surface area (Å²) in [5.74, 6) is 0.335. The van der Waals surface area contributed by atoms with Gasteiger partial charge in [0.1, 0.15) is 11.4 Å². The van der Waals surface area contributed by atoms with Gasteiger partial charge in [-0.15, -0.1) is 0 Å². The van der Waals surface area contributed by atoms with Crippen molar-refractivity contribution in [2.24, 2.45) is 0 Å². The third-order valence-corrected chi connectivity index (χ3v) is 3.73. The number of carbonyl (C=O) groups excluding carboxylic acids is 2. The van der Waals surface area contributed by atoms with Crippen LogP contribution in [0.5, 0.6) is 5.75 Å². The van der Waals surface area contributed by atoms with Gasteiger partial charge in [-0.2, -0.15) is 0 Å². The molecule has 0 aromatic heterocycles. The number of benzene rings is 2. The van der Waals surface area contributed by atoms with E-state index in [-0.39, 0.29) is 24.3 Å². The van der Waals surface area contributed by atoms with E-state index < -0.39 is 6.03 Å². The SMILES string of the molecule is CC(C)Oc1ccccc1/C=C1\NC(=O)N(Cc2ccccc2)C1=O. The van der Waals surface area contributed by atoms with E-state index >= 15 is 0 Å². The maximum atomic E-state index is 12.6. The Morgan fingerprint density at radius 1 is 1.04 bits per heavy atom. The number of amides is 3. The number of carbonyl (C=O) groups is 2. The van der Waals surface area contributed by atoms with Crippen LogP contribution in [0.15, 0.2) is 60.3 Å². The maximum Gasteiger partial charge on any atom is 0.329 e. The largest absolute Gasteiger partial charge is 0.490 e. The lowest BCUT2D eigenvalue weighted by Crippen LogP contribution is -2.30. The quantitative estimate of drug-likeness (QED) is 0.671. The van der Waals surface area contributed by atoms with Gasteiger partial charge in [0, 0.05) is 5.56 Å². The molecule has 1 N–H and O–H groups in total. The Labute approximate surface area is 146 Å². The van der Waals surface area contributed by atoms with Gasteiger partial charge in [-0.3, -0.25) is 9.69 Å². The lowest BCUT2D eigenvalue weighted by atomic mass is 10.1. The number of hydrogen-bond donors (Lipinski definition) is 1. The molecule has 1 fully saturated rings. The van der Waals surface area contributed by atoms with Crippen LogP contribution in [0, 0.1) is 0 Å². The van der Waals surface area contributed by atoms with Gasteiger partial charge >= 0.3 is 6.03 Å². The Morgan fingerprint density at radius 2 is 1.72 bits per heavy atom. The molecular weight excluding hydrogens is 316 g/mol. The average Bonchev–Trinajstić information content (AvgIpc) is 2.85. The summed E-state index contributed by atoms with van der Waals surface area (Å²) in [4.78, 5) is 26.0. The van der Waals surface area contributed by atoms with Crippen molar-refractivity contribution >= 4 is 18.0 Å². The van der Waals surface area contributed by atoms with Gasteiger partial charge in [0.05, 0.1) is 12.6 Å². The van der Waals surface area contributed by atoms with Crippen LogP contribution in [-0.2, 0) is 11.3 Å². The fourth-order valence-electron chi connectivity index (χ4n) is 2.60. The van der Waals surface area contributed by atoms with Gasteiger partial charge in [-0.25, -0.2) is 4.79 Å². The van der Waals surface area contributed by atoms with E-state index in [0.717, 1.165) is 11.1 Å². The number of urea groups is 1. The average molecular weight is 336 g/mol. The third-order valence-electron chi connectivity index (χ3n) is 3.73. The highest BCUT2D eigenvalue weighted by Gasteiger charge is 2.33. The Kier molecular flexibility index (Phi) is 4.84. The van der Waals surface area contributed by atoms with Crippen LogP contribution < -0.4 is 10.1 Å². The lowest BCUT2D eigenvalue weighted by molar-refractivity contribution is -0.123.